The molecule has 490 valence electrons. The summed E-state index contributed by atoms with van der Waals surface area (Å²) in [6.45, 7) is 4.50. The Labute approximate surface area is 531 Å². The summed E-state index contributed by atoms with van der Waals surface area (Å²) in [4.78, 5) is 25.6. The molecule has 0 heterocycles. The van der Waals surface area contributed by atoms with E-state index in [1.165, 1.54) is 128 Å². The van der Waals surface area contributed by atoms with Crippen LogP contribution in [0, 0.1) is 0 Å². The Morgan fingerprint density at radius 2 is 0.721 bits per heavy atom. The van der Waals surface area contributed by atoms with E-state index in [2.05, 4.69) is 165 Å². The number of unbranched alkanes of at least 4 members (excludes halogenated alkanes) is 25. The first-order chi connectivity index (χ1) is 42.0. The van der Waals surface area contributed by atoms with Crippen LogP contribution in [-0.4, -0.2) is 68.5 Å². The van der Waals surface area contributed by atoms with E-state index in [0.29, 0.717) is 17.4 Å². The molecule has 0 radical (unpaired) electrons. The van der Waals surface area contributed by atoms with Gasteiger partial charge in [0.25, 0.3) is 7.82 Å². The Morgan fingerprint density at radius 3 is 1.08 bits per heavy atom. The van der Waals surface area contributed by atoms with Gasteiger partial charge in [0.15, 0.2) is 0 Å². The monoisotopic (exact) mass is 1210 g/mol. The van der Waals surface area contributed by atoms with Crippen LogP contribution in [0.25, 0.3) is 0 Å². The molecule has 3 unspecified atom stereocenters. The highest BCUT2D eigenvalue weighted by atomic mass is 31.2. The molecule has 0 saturated carbocycles. The molecule has 0 bridgehead atoms. The van der Waals surface area contributed by atoms with E-state index >= 15 is 0 Å². The molecule has 2 N–H and O–H groups in total. The maximum Gasteiger partial charge on any atom is 0.268 e. The smallest absolute Gasteiger partial charge is 0.268 e. The van der Waals surface area contributed by atoms with Crippen molar-refractivity contribution in [2.75, 3.05) is 40.9 Å². The van der Waals surface area contributed by atoms with Crippen LogP contribution in [0.15, 0.2) is 158 Å². The fourth-order valence-corrected chi connectivity index (χ4v) is 10.1. The first-order valence-corrected chi connectivity index (χ1v) is 36.3. The Kier molecular flexibility index (Phi) is 62.6. The number of hydrogen-bond donors (Lipinski definition) is 2. The molecule has 0 aromatic carbocycles. The highest BCUT2D eigenvalue weighted by molar-refractivity contribution is 7.45. The fourth-order valence-electron chi connectivity index (χ4n) is 9.33. The molecule has 1 amide bonds. The van der Waals surface area contributed by atoms with Crippen molar-refractivity contribution < 1.29 is 32.9 Å². The Morgan fingerprint density at radius 1 is 0.419 bits per heavy atom. The lowest BCUT2D eigenvalue weighted by Gasteiger charge is -2.29. The van der Waals surface area contributed by atoms with Gasteiger partial charge in [-0.25, -0.2) is 0 Å². The van der Waals surface area contributed by atoms with Gasteiger partial charge in [-0.05, 0) is 122 Å². The van der Waals surface area contributed by atoms with Gasteiger partial charge in [-0.1, -0.05) is 300 Å². The van der Waals surface area contributed by atoms with E-state index in [1.807, 2.05) is 27.2 Å². The topological polar surface area (TPSA) is 108 Å². The van der Waals surface area contributed by atoms with Gasteiger partial charge < -0.3 is 28.8 Å². The third kappa shape index (κ3) is 67.6. The number of carbonyl (C=O) groups is 1. The highest BCUT2D eigenvalue weighted by Gasteiger charge is 2.23. The third-order valence-corrected chi connectivity index (χ3v) is 15.7. The lowest BCUT2D eigenvalue weighted by atomic mass is 10.0. The van der Waals surface area contributed by atoms with Gasteiger partial charge in [-0.3, -0.25) is 9.36 Å². The molecular formula is C77H131N2O6P. The second-order valence-electron chi connectivity index (χ2n) is 24.1. The molecule has 0 rings (SSSR count). The Hall–Kier alpha value is -3.88. The van der Waals surface area contributed by atoms with Crippen molar-refractivity contribution in [2.24, 2.45) is 0 Å². The zero-order valence-electron chi connectivity index (χ0n) is 56.0. The van der Waals surface area contributed by atoms with E-state index in [9.17, 15) is 19.4 Å². The van der Waals surface area contributed by atoms with E-state index in [-0.39, 0.29) is 12.5 Å². The summed E-state index contributed by atoms with van der Waals surface area (Å²) in [6, 6.07) is -0.924. The number of aliphatic hydroxyl groups is 1. The lowest BCUT2D eigenvalue weighted by molar-refractivity contribution is -0.870. The fraction of sp³-hybridized carbons (Fsp3) is 0.649. The summed E-state index contributed by atoms with van der Waals surface area (Å²) in [7, 11) is 1.22. The number of allylic oxidation sites excluding steroid dienone is 25. The molecule has 0 aliphatic heterocycles. The molecule has 3 atom stereocenters. The summed E-state index contributed by atoms with van der Waals surface area (Å²) < 4.78 is 23.4. The normalized spacial score (nSPS) is 14.6. The summed E-state index contributed by atoms with van der Waals surface area (Å²) >= 11 is 0. The average Bonchev–Trinajstić information content (AvgIpc) is 3.70. The number of rotatable bonds is 62. The standard InChI is InChI=1S/C77H131N2O6P/c1-6-8-10-12-14-16-18-20-22-24-26-28-30-31-32-33-34-35-36-37-38-39-40-41-42-43-44-45-46-47-49-51-53-55-57-59-61-63-65-67-69-71-77(81)78-75(74-85-86(82,83)84-73-72-79(3,4)5)76(80)70-68-66-64-62-60-58-56-54-52-50-48-29-27-25-23-21-19-17-15-13-11-9-7-2/h8,10,14,16,20,22,26,28,31-32,34-35,37-38,40-41,43-44,46-47,52,54,60,62,68,70,75-76,80H,6-7,9,11-13,15,17-19,21,23-25,27,29-30,33,36,39,42,45,48-51,53,55-59,61,63-67,69,71-74H2,1-5H3,(H-,78,81,82,83)/b10-8-,16-14-,22-20-,28-26-,32-31-,35-34-,38-37-,41-40-,44-43-,47-46-,54-52+,62-60+,70-68+. The van der Waals surface area contributed by atoms with E-state index < -0.39 is 26.6 Å². The van der Waals surface area contributed by atoms with Crippen LogP contribution in [0.1, 0.15) is 271 Å². The van der Waals surface area contributed by atoms with Crippen LogP contribution in [0.3, 0.4) is 0 Å². The van der Waals surface area contributed by atoms with Crippen LogP contribution in [0.5, 0.6) is 0 Å². The van der Waals surface area contributed by atoms with Crippen molar-refractivity contribution in [3.8, 4) is 0 Å². The van der Waals surface area contributed by atoms with Crippen molar-refractivity contribution in [1.29, 1.82) is 0 Å². The molecule has 0 aromatic heterocycles. The zero-order chi connectivity index (χ0) is 62.6. The average molecular weight is 1210 g/mol. The minimum Gasteiger partial charge on any atom is -0.756 e. The maximum atomic E-state index is 13.0. The summed E-state index contributed by atoms with van der Waals surface area (Å²) in [5, 5.41) is 13.9. The quantitative estimate of drug-likeness (QED) is 0.0272. The summed E-state index contributed by atoms with van der Waals surface area (Å²) in [5.41, 5.74) is 0. The predicted molar refractivity (Wildman–Crippen MR) is 375 cm³/mol. The number of phosphoric ester groups is 1. The minimum absolute atomic E-state index is 0.0170. The van der Waals surface area contributed by atoms with Gasteiger partial charge in [0.1, 0.15) is 13.2 Å². The molecule has 9 heteroatoms. The number of hydrogen-bond acceptors (Lipinski definition) is 6. The minimum atomic E-state index is -4.63. The molecule has 0 spiro atoms. The van der Waals surface area contributed by atoms with Gasteiger partial charge in [0.2, 0.25) is 5.91 Å². The molecule has 0 aliphatic rings. The van der Waals surface area contributed by atoms with Crippen molar-refractivity contribution in [3.05, 3.63) is 158 Å². The summed E-state index contributed by atoms with van der Waals surface area (Å²) in [6.07, 6.45) is 102. The number of nitrogens with one attached hydrogen (secondary N) is 1. The highest BCUT2D eigenvalue weighted by Crippen LogP contribution is 2.38. The molecule has 0 aromatic rings. The molecule has 0 aliphatic carbocycles. The SMILES string of the molecule is CC/C=C\C/C=C\C/C=C\C/C=C\C/C=C\C/C=C\C/C=C\C/C=C\C/C=C\C/C=C\CCCCCCCCCCCCC(=O)NC(COP(=O)([O-])OCC[N+](C)(C)C)C(O)/C=C/CC/C=C/CC/C=C/CCCCCCCCCCCCCCC. The van der Waals surface area contributed by atoms with Crippen LogP contribution >= 0.6 is 7.82 Å². The number of amides is 1. The Bertz CT molecular complexity index is 1960. The Balaban J connectivity index is 4.17. The van der Waals surface area contributed by atoms with Crippen LogP contribution in [0.4, 0.5) is 0 Å². The number of nitrogens with zero attached hydrogens (tertiary/aromatic N) is 1. The molecule has 8 nitrogen and oxygen atoms in total. The van der Waals surface area contributed by atoms with E-state index in [1.54, 1.807) is 6.08 Å². The first kappa shape index (κ1) is 82.1. The van der Waals surface area contributed by atoms with Crippen LogP contribution in [-0.2, 0) is 18.4 Å². The van der Waals surface area contributed by atoms with Gasteiger partial charge in [-0.2, -0.15) is 0 Å². The second kappa shape index (κ2) is 65.6. The molecule has 0 fully saturated rings. The third-order valence-electron chi connectivity index (χ3n) is 14.7. The largest absolute Gasteiger partial charge is 0.756 e. The van der Waals surface area contributed by atoms with E-state index in [0.717, 1.165) is 122 Å². The van der Waals surface area contributed by atoms with Gasteiger partial charge in [0.05, 0.1) is 39.9 Å². The molecule has 0 saturated heterocycles. The van der Waals surface area contributed by atoms with Crippen molar-refractivity contribution in [2.45, 2.75) is 283 Å². The zero-order valence-corrected chi connectivity index (χ0v) is 56.8. The number of aliphatic hydroxyl groups excluding tert-OH is 1. The number of quaternary nitrogens is 1. The lowest BCUT2D eigenvalue weighted by Crippen LogP contribution is -2.45. The van der Waals surface area contributed by atoms with Gasteiger partial charge in [-0.15, -0.1) is 0 Å². The molecule has 86 heavy (non-hydrogen) atoms. The summed E-state index contributed by atoms with van der Waals surface area (Å²) in [5.74, 6) is -0.221. The maximum absolute atomic E-state index is 13.0. The van der Waals surface area contributed by atoms with Crippen LogP contribution in [0.2, 0.25) is 0 Å². The van der Waals surface area contributed by atoms with E-state index in [4.69, 9.17) is 9.05 Å². The van der Waals surface area contributed by atoms with Crippen molar-refractivity contribution in [1.82, 2.24) is 5.32 Å². The van der Waals surface area contributed by atoms with Gasteiger partial charge in [0, 0.05) is 6.42 Å². The van der Waals surface area contributed by atoms with Crippen LogP contribution < -0.4 is 10.2 Å². The van der Waals surface area contributed by atoms with Gasteiger partial charge >= 0.3 is 0 Å². The first-order valence-electron chi connectivity index (χ1n) is 34.8. The van der Waals surface area contributed by atoms with Crippen molar-refractivity contribution in [3.63, 3.8) is 0 Å². The van der Waals surface area contributed by atoms with Crippen molar-refractivity contribution >= 4 is 13.7 Å². The number of likely N-dealkylation sites (N-methyl/N-ethyl adjacent to an activating group) is 1. The second-order valence-corrected chi connectivity index (χ2v) is 25.5. The number of phosphoric acid groups is 1. The molecular weight excluding hydrogens is 1080 g/mol. The number of carbonyl (C=O) groups excluding carboxylic acids is 1. The predicted octanol–water partition coefficient (Wildman–Crippen LogP) is 21.9.